The Kier molecular flexibility index (Phi) is 4.97. The van der Waals surface area contributed by atoms with Gasteiger partial charge in [-0.05, 0) is 12.0 Å². The molecular formula is C14H19NO5S. The predicted octanol–water partition coefficient (Wildman–Crippen LogP) is 0.590. The Hall–Kier alpha value is -1.44. The molecule has 1 aliphatic heterocycles. The fourth-order valence-corrected chi connectivity index (χ4v) is 4.00. The highest BCUT2D eigenvalue weighted by Gasteiger charge is 2.40. The summed E-state index contributed by atoms with van der Waals surface area (Å²) in [5.74, 6) is -1.67. The van der Waals surface area contributed by atoms with Crippen LogP contribution in [0.5, 0.6) is 0 Å². The molecule has 1 atom stereocenters. The van der Waals surface area contributed by atoms with Crippen LogP contribution in [0.15, 0.2) is 30.3 Å². The SMILES string of the molecule is COC(Cc1ccccc1)CS(=O)(=O)N1CC(C(=O)O)C1. The third-order valence-electron chi connectivity index (χ3n) is 3.63. The molecule has 6 nitrogen and oxygen atoms in total. The van der Waals surface area contributed by atoms with E-state index in [1.165, 1.54) is 11.4 Å². The van der Waals surface area contributed by atoms with Gasteiger partial charge in [-0.15, -0.1) is 0 Å². The molecule has 116 valence electrons. The maximum atomic E-state index is 12.2. The van der Waals surface area contributed by atoms with Crippen LogP contribution in [0.1, 0.15) is 5.56 Å². The standard InChI is InChI=1S/C14H19NO5S/c1-20-13(7-11-5-3-2-4-6-11)10-21(18,19)15-8-12(9-15)14(16)17/h2-6,12-13H,7-10H2,1H3,(H,16,17). The monoisotopic (exact) mass is 313 g/mol. The Morgan fingerprint density at radius 1 is 1.38 bits per heavy atom. The molecule has 1 aromatic carbocycles. The van der Waals surface area contributed by atoms with Crippen LogP contribution in [-0.4, -0.2) is 55.9 Å². The Bertz CT molecular complexity index is 581. The van der Waals surface area contributed by atoms with Gasteiger partial charge in [0, 0.05) is 20.2 Å². The zero-order valence-electron chi connectivity index (χ0n) is 11.8. The van der Waals surface area contributed by atoms with Crippen LogP contribution in [0.2, 0.25) is 0 Å². The average Bonchev–Trinajstić information content (AvgIpc) is 2.36. The van der Waals surface area contributed by atoms with Crippen molar-refractivity contribution in [1.29, 1.82) is 0 Å². The Morgan fingerprint density at radius 3 is 2.52 bits per heavy atom. The summed E-state index contributed by atoms with van der Waals surface area (Å²) in [6, 6.07) is 9.52. The number of carbonyl (C=O) groups is 1. The lowest BCUT2D eigenvalue weighted by Crippen LogP contribution is -2.54. The Morgan fingerprint density at radius 2 is 2.00 bits per heavy atom. The van der Waals surface area contributed by atoms with Crippen molar-refractivity contribution < 1.29 is 23.1 Å². The van der Waals surface area contributed by atoms with E-state index in [1.807, 2.05) is 30.3 Å². The number of ether oxygens (including phenoxy) is 1. The van der Waals surface area contributed by atoms with Gasteiger partial charge in [0.15, 0.2) is 0 Å². The number of rotatable bonds is 7. The van der Waals surface area contributed by atoms with Gasteiger partial charge >= 0.3 is 5.97 Å². The molecular weight excluding hydrogens is 294 g/mol. The molecule has 1 saturated heterocycles. The highest BCUT2D eigenvalue weighted by molar-refractivity contribution is 7.89. The molecule has 0 aromatic heterocycles. The summed E-state index contributed by atoms with van der Waals surface area (Å²) in [5, 5.41) is 8.79. The second-order valence-electron chi connectivity index (χ2n) is 5.18. The van der Waals surface area contributed by atoms with Gasteiger partial charge in [0.2, 0.25) is 10.0 Å². The minimum atomic E-state index is -3.48. The summed E-state index contributed by atoms with van der Waals surface area (Å²) >= 11 is 0. The predicted molar refractivity (Wildman–Crippen MR) is 77.4 cm³/mol. The van der Waals surface area contributed by atoms with Crippen molar-refractivity contribution in [3.63, 3.8) is 0 Å². The number of aliphatic carboxylic acids is 1. The van der Waals surface area contributed by atoms with Crippen molar-refractivity contribution in [2.75, 3.05) is 26.0 Å². The Balaban J connectivity index is 1.93. The molecule has 1 heterocycles. The first-order valence-corrected chi connectivity index (χ1v) is 8.30. The van der Waals surface area contributed by atoms with E-state index in [9.17, 15) is 13.2 Å². The van der Waals surface area contributed by atoms with Gasteiger partial charge in [0.05, 0.1) is 17.8 Å². The molecule has 0 bridgehead atoms. The van der Waals surface area contributed by atoms with Gasteiger partial charge in [0.1, 0.15) is 0 Å². The highest BCUT2D eigenvalue weighted by atomic mass is 32.2. The summed E-state index contributed by atoms with van der Waals surface area (Å²) in [5.41, 5.74) is 1.01. The maximum Gasteiger partial charge on any atom is 0.309 e. The number of benzene rings is 1. The molecule has 1 aliphatic rings. The van der Waals surface area contributed by atoms with Crippen LogP contribution in [0.3, 0.4) is 0 Å². The molecule has 1 aromatic rings. The number of hydrogen-bond acceptors (Lipinski definition) is 4. The topological polar surface area (TPSA) is 83.9 Å². The zero-order chi connectivity index (χ0) is 15.5. The summed E-state index contributed by atoms with van der Waals surface area (Å²) in [6.07, 6.45) is 0.0635. The number of hydrogen-bond donors (Lipinski definition) is 1. The first-order chi connectivity index (χ1) is 9.92. The van der Waals surface area contributed by atoms with Gasteiger partial charge in [-0.25, -0.2) is 12.7 Å². The summed E-state index contributed by atoms with van der Waals surface area (Å²) in [7, 11) is -1.99. The van der Waals surface area contributed by atoms with E-state index in [2.05, 4.69) is 0 Å². The molecule has 0 spiro atoms. The number of carboxylic acid groups (broad SMARTS) is 1. The van der Waals surface area contributed by atoms with E-state index in [1.54, 1.807) is 0 Å². The molecule has 1 unspecified atom stereocenters. The minimum Gasteiger partial charge on any atom is -0.481 e. The third-order valence-corrected chi connectivity index (χ3v) is 5.50. The molecule has 1 fully saturated rings. The molecule has 1 N–H and O–H groups in total. The number of methoxy groups -OCH3 is 1. The summed E-state index contributed by atoms with van der Waals surface area (Å²) in [6.45, 7) is 0.110. The zero-order valence-corrected chi connectivity index (χ0v) is 12.6. The van der Waals surface area contributed by atoms with Crippen LogP contribution < -0.4 is 0 Å². The minimum absolute atomic E-state index is 0.0550. The second-order valence-corrected chi connectivity index (χ2v) is 7.19. The molecule has 0 amide bonds. The van der Waals surface area contributed by atoms with E-state index in [4.69, 9.17) is 9.84 Å². The molecule has 2 rings (SSSR count). The van der Waals surface area contributed by atoms with Crippen molar-refractivity contribution in [1.82, 2.24) is 4.31 Å². The van der Waals surface area contributed by atoms with E-state index in [-0.39, 0.29) is 18.8 Å². The number of nitrogens with zero attached hydrogens (tertiary/aromatic N) is 1. The van der Waals surface area contributed by atoms with Gasteiger partial charge in [-0.2, -0.15) is 0 Å². The quantitative estimate of drug-likeness (QED) is 0.796. The lowest BCUT2D eigenvalue weighted by Gasteiger charge is -2.36. The van der Waals surface area contributed by atoms with Gasteiger partial charge in [0.25, 0.3) is 0 Å². The van der Waals surface area contributed by atoms with Gasteiger partial charge in [-0.3, -0.25) is 4.79 Å². The highest BCUT2D eigenvalue weighted by Crippen LogP contribution is 2.21. The van der Waals surface area contributed by atoms with Gasteiger partial charge in [-0.1, -0.05) is 30.3 Å². The fourth-order valence-electron chi connectivity index (χ4n) is 2.25. The van der Waals surface area contributed by atoms with Crippen LogP contribution in [0, 0.1) is 5.92 Å². The smallest absolute Gasteiger partial charge is 0.309 e. The van der Waals surface area contributed by atoms with Crippen molar-refractivity contribution in [3.05, 3.63) is 35.9 Å². The van der Waals surface area contributed by atoms with Crippen molar-refractivity contribution in [2.45, 2.75) is 12.5 Å². The van der Waals surface area contributed by atoms with Crippen molar-refractivity contribution in [2.24, 2.45) is 5.92 Å². The van der Waals surface area contributed by atoms with Crippen LogP contribution >= 0.6 is 0 Å². The van der Waals surface area contributed by atoms with Crippen LogP contribution in [-0.2, 0) is 26.0 Å². The fraction of sp³-hybridized carbons (Fsp3) is 0.500. The second kappa shape index (κ2) is 6.55. The van der Waals surface area contributed by atoms with Crippen LogP contribution in [0.4, 0.5) is 0 Å². The average molecular weight is 313 g/mol. The normalized spacial score (nSPS) is 18.1. The lowest BCUT2D eigenvalue weighted by atomic mass is 10.0. The largest absolute Gasteiger partial charge is 0.481 e. The molecule has 0 radical (unpaired) electrons. The molecule has 0 aliphatic carbocycles. The third kappa shape index (κ3) is 4.03. The summed E-state index contributed by atoms with van der Waals surface area (Å²) < 4.78 is 30.9. The molecule has 7 heteroatoms. The van der Waals surface area contributed by atoms with E-state index < -0.39 is 28.0 Å². The first kappa shape index (κ1) is 15.9. The van der Waals surface area contributed by atoms with Crippen LogP contribution in [0.25, 0.3) is 0 Å². The molecule has 0 saturated carbocycles. The number of sulfonamides is 1. The van der Waals surface area contributed by atoms with E-state index in [0.717, 1.165) is 5.56 Å². The lowest BCUT2D eigenvalue weighted by molar-refractivity contribution is -0.145. The first-order valence-electron chi connectivity index (χ1n) is 6.69. The van der Waals surface area contributed by atoms with Crippen molar-refractivity contribution in [3.8, 4) is 0 Å². The number of carboxylic acids is 1. The summed E-state index contributed by atoms with van der Waals surface area (Å²) in [4.78, 5) is 10.7. The Labute approximate surface area is 124 Å². The van der Waals surface area contributed by atoms with Crippen molar-refractivity contribution >= 4 is 16.0 Å². The maximum absolute atomic E-state index is 12.2. The molecule has 21 heavy (non-hydrogen) atoms. The van der Waals surface area contributed by atoms with E-state index >= 15 is 0 Å². The van der Waals surface area contributed by atoms with E-state index in [0.29, 0.717) is 6.42 Å². The van der Waals surface area contributed by atoms with Gasteiger partial charge < -0.3 is 9.84 Å².